The molecule has 35 heavy (non-hydrogen) atoms. The van der Waals surface area contributed by atoms with Gasteiger partial charge in [-0.15, -0.1) is 0 Å². The van der Waals surface area contributed by atoms with E-state index in [1.165, 1.54) is 46.0 Å². The summed E-state index contributed by atoms with van der Waals surface area (Å²) in [7, 11) is 3.33. The second kappa shape index (κ2) is 8.17. The lowest BCUT2D eigenvalue weighted by Crippen LogP contribution is -2.38. The van der Waals surface area contributed by atoms with Crippen LogP contribution in [-0.4, -0.2) is 51.5 Å². The molecular formula is C24H21F4N5O2. The number of carbonyl (C=O) groups excluding carboxylic acids is 1. The van der Waals surface area contributed by atoms with E-state index < -0.39 is 23.5 Å². The van der Waals surface area contributed by atoms with Gasteiger partial charge in [0.15, 0.2) is 5.82 Å². The zero-order valence-corrected chi connectivity index (χ0v) is 18.8. The lowest BCUT2D eigenvalue weighted by Gasteiger charge is -2.27. The molecule has 3 atom stereocenters. The van der Waals surface area contributed by atoms with Gasteiger partial charge in [0.25, 0.3) is 11.5 Å². The fourth-order valence-corrected chi connectivity index (χ4v) is 5.02. The number of likely N-dealkylation sites (tertiary alicyclic amines) is 1. The Kier molecular flexibility index (Phi) is 5.37. The normalized spacial score (nSPS) is 21.1. The number of anilines is 1. The Hall–Kier alpha value is -3.76. The van der Waals surface area contributed by atoms with Crippen LogP contribution in [-0.2, 0) is 13.2 Å². The summed E-state index contributed by atoms with van der Waals surface area (Å²) in [5.74, 6) is -0.852. The van der Waals surface area contributed by atoms with Gasteiger partial charge in [-0.1, -0.05) is 12.1 Å². The maximum Gasteiger partial charge on any atom is 0.417 e. The van der Waals surface area contributed by atoms with Crippen molar-refractivity contribution < 1.29 is 22.4 Å². The van der Waals surface area contributed by atoms with Crippen LogP contribution in [0.25, 0.3) is 11.3 Å². The SMILES string of the molecule is CN(c1nc(-c2ccncc2F)cc(=O)n1C)[C@@H]1[C@@H]2CN(C(=O)c3ccccc3C(F)(F)F)C[C@@H]21. The third kappa shape index (κ3) is 3.94. The second-order valence-corrected chi connectivity index (χ2v) is 8.88. The van der Waals surface area contributed by atoms with Gasteiger partial charge in [-0.3, -0.25) is 19.1 Å². The molecule has 1 aromatic carbocycles. The molecule has 7 nitrogen and oxygen atoms in total. The molecule has 182 valence electrons. The van der Waals surface area contributed by atoms with Gasteiger partial charge >= 0.3 is 6.18 Å². The van der Waals surface area contributed by atoms with Crippen LogP contribution in [0.4, 0.5) is 23.5 Å². The van der Waals surface area contributed by atoms with E-state index in [4.69, 9.17) is 0 Å². The standard InChI is InChI=1S/C24H21F4N5O2/c1-31-20(34)9-19(14-7-8-29-10-18(14)25)30-23(31)32(2)21-15-11-33(12-16(15)21)22(35)13-5-3-4-6-17(13)24(26,27)28/h3-10,15-16,21H,11-12H2,1-2H3/t15-,16+,21-. The Morgan fingerprint density at radius 3 is 2.49 bits per heavy atom. The van der Waals surface area contributed by atoms with Gasteiger partial charge in [0.05, 0.1) is 23.0 Å². The summed E-state index contributed by atoms with van der Waals surface area (Å²) in [5, 5.41) is 0. The fraction of sp³-hybridized carbons (Fsp3) is 0.333. The van der Waals surface area contributed by atoms with Crippen molar-refractivity contribution in [3.05, 3.63) is 76.1 Å². The van der Waals surface area contributed by atoms with Gasteiger partial charge < -0.3 is 9.80 Å². The fourth-order valence-electron chi connectivity index (χ4n) is 5.02. The zero-order chi connectivity index (χ0) is 25.1. The second-order valence-electron chi connectivity index (χ2n) is 8.88. The third-order valence-corrected chi connectivity index (χ3v) is 6.82. The molecule has 0 radical (unpaired) electrons. The van der Waals surface area contributed by atoms with E-state index in [1.807, 2.05) is 4.90 Å². The largest absolute Gasteiger partial charge is 0.417 e. The van der Waals surface area contributed by atoms with Crippen molar-refractivity contribution in [3.63, 3.8) is 0 Å². The van der Waals surface area contributed by atoms with E-state index in [-0.39, 0.29) is 40.3 Å². The Balaban J connectivity index is 1.35. The van der Waals surface area contributed by atoms with Crippen LogP contribution in [0.15, 0.2) is 53.6 Å². The van der Waals surface area contributed by atoms with Crippen molar-refractivity contribution in [1.29, 1.82) is 0 Å². The number of rotatable bonds is 4. The van der Waals surface area contributed by atoms with E-state index in [0.717, 1.165) is 12.3 Å². The number of halogens is 4. The molecule has 1 saturated carbocycles. The highest BCUT2D eigenvalue weighted by atomic mass is 19.4. The first kappa shape index (κ1) is 23.0. The average Bonchev–Trinajstić information content (AvgIpc) is 3.32. The molecule has 5 rings (SSSR count). The molecule has 0 unspecified atom stereocenters. The van der Waals surface area contributed by atoms with Crippen molar-refractivity contribution in [2.45, 2.75) is 12.2 Å². The number of aromatic nitrogens is 3. The molecule has 0 bridgehead atoms. The van der Waals surface area contributed by atoms with E-state index >= 15 is 0 Å². The predicted octanol–water partition coefficient (Wildman–Crippen LogP) is 3.21. The summed E-state index contributed by atoms with van der Waals surface area (Å²) in [6.07, 6.45) is -2.16. The number of benzene rings is 1. The van der Waals surface area contributed by atoms with Crippen LogP contribution >= 0.6 is 0 Å². The smallest absolute Gasteiger partial charge is 0.342 e. The van der Waals surface area contributed by atoms with Crippen molar-refractivity contribution in [2.24, 2.45) is 18.9 Å². The van der Waals surface area contributed by atoms with E-state index in [2.05, 4.69) is 9.97 Å². The molecule has 2 fully saturated rings. The summed E-state index contributed by atoms with van der Waals surface area (Å²) in [5.41, 5.74) is -1.33. The minimum atomic E-state index is -4.62. The van der Waals surface area contributed by atoms with E-state index in [1.54, 1.807) is 14.1 Å². The molecule has 2 aromatic heterocycles. The van der Waals surface area contributed by atoms with E-state index in [0.29, 0.717) is 19.0 Å². The molecule has 1 amide bonds. The Labute approximate surface area is 197 Å². The lowest BCUT2D eigenvalue weighted by atomic mass is 10.1. The monoisotopic (exact) mass is 487 g/mol. The molecule has 2 aliphatic rings. The van der Waals surface area contributed by atoms with Gasteiger partial charge in [-0.25, -0.2) is 9.37 Å². The predicted molar refractivity (Wildman–Crippen MR) is 119 cm³/mol. The van der Waals surface area contributed by atoms with E-state index in [9.17, 15) is 27.2 Å². The van der Waals surface area contributed by atoms with Crippen LogP contribution in [0.3, 0.4) is 0 Å². The van der Waals surface area contributed by atoms with Crippen molar-refractivity contribution in [3.8, 4) is 11.3 Å². The maximum atomic E-state index is 14.2. The first-order valence-corrected chi connectivity index (χ1v) is 10.9. The lowest BCUT2D eigenvalue weighted by molar-refractivity contribution is -0.138. The minimum Gasteiger partial charge on any atom is -0.342 e. The quantitative estimate of drug-likeness (QED) is 0.529. The van der Waals surface area contributed by atoms with Gasteiger partial charge in [-0.2, -0.15) is 13.2 Å². The van der Waals surface area contributed by atoms with Crippen LogP contribution in [0.2, 0.25) is 0 Å². The van der Waals surface area contributed by atoms with Crippen molar-refractivity contribution in [1.82, 2.24) is 19.4 Å². The number of fused-ring (bicyclic) bond motifs is 1. The highest BCUT2D eigenvalue weighted by Crippen LogP contribution is 2.50. The van der Waals surface area contributed by atoms with Crippen molar-refractivity contribution in [2.75, 3.05) is 25.0 Å². The molecule has 1 aliphatic heterocycles. The number of hydrogen-bond donors (Lipinski definition) is 0. The van der Waals surface area contributed by atoms with Gasteiger partial charge in [0.2, 0.25) is 5.95 Å². The molecule has 1 aliphatic carbocycles. The summed E-state index contributed by atoms with van der Waals surface area (Å²) in [4.78, 5) is 36.9. The highest BCUT2D eigenvalue weighted by Gasteiger charge is 2.59. The molecule has 0 N–H and O–H groups in total. The third-order valence-electron chi connectivity index (χ3n) is 6.82. The first-order valence-electron chi connectivity index (χ1n) is 10.9. The van der Waals surface area contributed by atoms with Crippen LogP contribution in [0.1, 0.15) is 15.9 Å². The Morgan fingerprint density at radius 2 is 1.83 bits per heavy atom. The summed E-state index contributed by atoms with van der Waals surface area (Å²) >= 11 is 0. The Bertz CT molecular complexity index is 1360. The molecular weight excluding hydrogens is 466 g/mol. The number of nitrogens with zero attached hydrogens (tertiary/aromatic N) is 5. The molecule has 3 aromatic rings. The molecule has 1 saturated heterocycles. The molecule has 11 heteroatoms. The first-order chi connectivity index (χ1) is 16.6. The average molecular weight is 487 g/mol. The number of carbonyl (C=O) groups is 1. The van der Waals surface area contributed by atoms with Gasteiger partial charge in [0, 0.05) is 62.9 Å². The van der Waals surface area contributed by atoms with Crippen molar-refractivity contribution >= 4 is 11.9 Å². The summed E-state index contributed by atoms with van der Waals surface area (Å²) in [6, 6.07) is 7.42. The Morgan fingerprint density at radius 1 is 1.14 bits per heavy atom. The summed E-state index contributed by atoms with van der Waals surface area (Å²) in [6.45, 7) is 0.606. The van der Waals surface area contributed by atoms with Crippen LogP contribution < -0.4 is 10.5 Å². The van der Waals surface area contributed by atoms with Gasteiger partial charge in [-0.05, 0) is 18.2 Å². The number of hydrogen-bond acceptors (Lipinski definition) is 5. The zero-order valence-electron chi connectivity index (χ0n) is 18.8. The number of amides is 1. The van der Waals surface area contributed by atoms with Crippen LogP contribution in [0.5, 0.6) is 0 Å². The minimum absolute atomic E-state index is 0.0280. The molecule has 0 spiro atoms. The number of alkyl halides is 3. The van der Waals surface area contributed by atoms with Gasteiger partial charge in [0.1, 0.15) is 0 Å². The maximum absolute atomic E-state index is 14.2. The number of pyridine rings is 1. The molecule has 3 heterocycles. The highest BCUT2D eigenvalue weighted by molar-refractivity contribution is 5.96. The van der Waals surface area contributed by atoms with Crippen LogP contribution in [0, 0.1) is 17.7 Å². The summed E-state index contributed by atoms with van der Waals surface area (Å²) < 4.78 is 55.6. The topological polar surface area (TPSA) is 71.3 Å². The number of piperidine rings is 1.